The summed E-state index contributed by atoms with van der Waals surface area (Å²) in [4.78, 5) is 16.8. The highest BCUT2D eigenvalue weighted by Crippen LogP contribution is 2.26. The Labute approximate surface area is 156 Å². The number of aromatic nitrogens is 1. The number of rotatable bonds is 4. The summed E-state index contributed by atoms with van der Waals surface area (Å²) < 4.78 is 13.2. The average Bonchev–Trinajstić information content (AvgIpc) is 2.60. The van der Waals surface area contributed by atoms with Crippen molar-refractivity contribution in [2.75, 3.05) is 11.1 Å². The van der Waals surface area contributed by atoms with E-state index in [0.717, 1.165) is 36.9 Å². The molecule has 4 nitrogen and oxygen atoms in total. The van der Waals surface area contributed by atoms with Crippen LogP contribution in [0, 0.1) is 17.1 Å². The third-order valence-corrected chi connectivity index (χ3v) is 5.33. The van der Waals surface area contributed by atoms with Crippen molar-refractivity contribution in [3.8, 4) is 6.07 Å². The minimum atomic E-state index is -0.398. The van der Waals surface area contributed by atoms with E-state index in [1.807, 2.05) is 6.07 Å². The number of carbonyl (C=O) groups excluding carboxylic acids is 1. The van der Waals surface area contributed by atoms with Crippen LogP contribution in [0.15, 0.2) is 35.4 Å². The van der Waals surface area contributed by atoms with Gasteiger partial charge in [-0.15, -0.1) is 0 Å². The Balaban J connectivity index is 1.69. The number of anilines is 1. The largest absolute Gasteiger partial charge is 0.325 e. The van der Waals surface area contributed by atoms with E-state index in [0.29, 0.717) is 16.3 Å². The second kappa shape index (κ2) is 8.81. The summed E-state index contributed by atoms with van der Waals surface area (Å²) in [6, 6.07) is 9.90. The summed E-state index contributed by atoms with van der Waals surface area (Å²) in [5, 5.41) is 12.7. The molecule has 1 aliphatic carbocycles. The van der Waals surface area contributed by atoms with E-state index in [2.05, 4.69) is 16.4 Å². The maximum Gasteiger partial charge on any atom is 0.234 e. The van der Waals surface area contributed by atoms with Gasteiger partial charge in [-0.1, -0.05) is 30.7 Å². The first kappa shape index (κ1) is 18.4. The van der Waals surface area contributed by atoms with Gasteiger partial charge >= 0.3 is 0 Å². The fourth-order valence-electron chi connectivity index (χ4n) is 3.06. The predicted octanol–water partition coefficient (Wildman–Crippen LogP) is 4.48. The second-order valence-electron chi connectivity index (χ2n) is 6.32. The van der Waals surface area contributed by atoms with Crippen LogP contribution in [0.3, 0.4) is 0 Å². The van der Waals surface area contributed by atoms with Crippen LogP contribution in [-0.4, -0.2) is 16.6 Å². The zero-order valence-electron chi connectivity index (χ0n) is 14.4. The maximum absolute atomic E-state index is 13.2. The molecule has 1 aromatic carbocycles. The number of benzene rings is 1. The lowest BCUT2D eigenvalue weighted by Gasteiger charge is -2.15. The number of hydrogen-bond donors (Lipinski definition) is 1. The van der Waals surface area contributed by atoms with Crippen molar-refractivity contribution in [3.63, 3.8) is 0 Å². The van der Waals surface area contributed by atoms with Gasteiger partial charge in [0.05, 0.1) is 11.3 Å². The molecule has 1 N–H and O–H groups in total. The van der Waals surface area contributed by atoms with Crippen molar-refractivity contribution in [2.45, 2.75) is 43.6 Å². The average molecular weight is 369 g/mol. The van der Waals surface area contributed by atoms with Crippen molar-refractivity contribution < 1.29 is 9.18 Å². The zero-order valence-corrected chi connectivity index (χ0v) is 15.2. The Hall–Kier alpha value is -2.39. The number of halogens is 1. The first-order valence-corrected chi connectivity index (χ1v) is 9.75. The highest BCUT2D eigenvalue weighted by molar-refractivity contribution is 8.00. The van der Waals surface area contributed by atoms with E-state index in [1.165, 1.54) is 36.7 Å². The third kappa shape index (κ3) is 4.83. The Morgan fingerprint density at radius 3 is 2.81 bits per heavy atom. The number of nitrogens with zero attached hydrogens (tertiary/aromatic N) is 2. The number of nitriles is 1. The quantitative estimate of drug-likeness (QED) is 0.807. The number of aryl methyl sites for hydroxylation is 2. The van der Waals surface area contributed by atoms with Crippen LogP contribution >= 0.6 is 11.8 Å². The van der Waals surface area contributed by atoms with Gasteiger partial charge in [-0.25, -0.2) is 9.37 Å². The van der Waals surface area contributed by atoms with Crippen LogP contribution in [-0.2, 0) is 17.6 Å². The number of fused-ring (bicyclic) bond motifs is 1. The number of nitrogens with one attached hydrogen (secondary N) is 1. The van der Waals surface area contributed by atoms with Gasteiger partial charge in [-0.3, -0.25) is 4.79 Å². The molecule has 0 spiro atoms. The Morgan fingerprint density at radius 1 is 1.23 bits per heavy atom. The summed E-state index contributed by atoms with van der Waals surface area (Å²) in [6.07, 6.45) is 6.54. The van der Waals surface area contributed by atoms with E-state index >= 15 is 0 Å². The van der Waals surface area contributed by atoms with Crippen LogP contribution in [0.25, 0.3) is 0 Å². The van der Waals surface area contributed by atoms with Crippen LogP contribution < -0.4 is 5.32 Å². The van der Waals surface area contributed by atoms with Gasteiger partial charge < -0.3 is 5.32 Å². The molecule has 0 saturated carbocycles. The molecular weight excluding hydrogens is 349 g/mol. The van der Waals surface area contributed by atoms with E-state index in [-0.39, 0.29) is 11.7 Å². The summed E-state index contributed by atoms with van der Waals surface area (Å²) >= 11 is 1.25. The molecule has 1 aromatic heterocycles. The fraction of sp³-hybridized carbons (Fsp3) is 0.350. The highest BCUT2D eigenvalue weighted by Gasteiger charge is 2.15. The summed E-state index contributed by atoms with van der Waals surface area (Å²) in [5.74, 6) is -0.527. The topological polar surface area (TPSA) is 65.8 Å². The first-order valence-electron chi connectivity index (χ1n) is 8.77. The predicted molar refractivity (Wildman–Crippen MR) is 101 cm³/mol. The van der Waals surface area contributed by atoms with E-state index in [4.69, 9.17) is 0 Å². The van der Waals surface area contributed by atoms with Gasteiger partial charge in [0, 0.05) is 11.4 Å². The smallest absolute Gasteiger partial charge is 0.234 e. The van der Waals surface area contributed by atoms with Crippen LogP contribution in [0.2, 0.25) is 0 Å². The normalized spacial score (nSPS) is 13.8. The van der Waals surface area contributed by atoms with Crippen molar-refractivity contribution in [1.82, 2.24) is 4.98 Å². The molecular formula is C20H20FN3OS. The molecule has 0 bridgehead atoms. The monoisotopic (exact) mass is 369 g/mol. The van der Waals surface area contributed by atoms with E-state index < -0.39 is 5.82 Å². The lowest BCUT2D eigenvalue weighted by molar-refractivity contribution is -0.113. The lowest BCUT2D eigenvalue weighted by Crippen LogP contribution is -2.14. The summed E-state index contributed by atoms with van der Waals surface area (Å²) in [6.45, 7) is 0. The fourth-order valence-corrected chi connectivity index (χ4v) is 3.83. The molecule has 3 rings (SSSR count). The molecule has 26 heavy (non-hydrogen) atoms. The van der Waals surface area contributed by atoms with Gasteiger partial charge in [-0.2, -0.15) is 5.26 Å². The Morgan fingerprint density at radius 2 is 2.04 bits per heavy atom. The van der Waals surface area contributed by atoms with Gasteiger partial charge in [0.2, 0.25) is 5.91 Å². The third-order valence-electron chi connectivity index (χ3n) is 4.33. The van der Waals surface area contributed by atoms with Crippen LogP contribution in [0.4, 0.5) is 10.1 Å². The second-order valence-corrected chi connectivity index (χ2v) is 7.28. The van der Waals surface area contributed by atoms with Gasteiger partial charge in [0.1, 0.15) is 16.9 Å². The number of carbonyl (C=O) groups is 1. The molecule has 6 heteroatoms. The Bertz CT molecular complexity index is 847. The molecule has 0 radical (unpaired) electrons. The zero-order chi connectivity index (χ0) is 18.4. The summed E-state index contributed by atoms with van der Waals surface area (Å²) in [7, 11) is 0. The van der Waals surface area contributed by atoms with E-state index in [1.54, 1.807) is 12.1 Å². The standard InChI is InChI=1S/C20H20FN3OS/c21-16-7-5-8-17(11-16)23-19(25)13-26-20-15(12-22)10-14-6-3-1-2-4-9-18(14)24-20/h5,7-8,10-11H,1-4,6,9,13H2,(H,23,25). The van der Waals surface area contributed by atoms with Crippen molar-refractivity contribution >= 4 is 23.4 Å². The number of amides is 1. The molecule has 0 aliphatic heterocycles. The maximum atomic E-state index is 13.2. The minimum Gasteiger partial charge on any atom is -0.325 e. The number of hydrogen-bond acceptors (Lipinski definition) is 4. The molecule has 1 aliphatic rings. The Kier molecular flexibility index (Phi) is 6.24. The lowest BCUT2D eigenvalue weighted by atomic mass is 9.96. The SMILES string of the molecule is N#Cc1cc2c(nc1SCC(=O)Nc1cccc(F)c1)CCCCCC2. The van der Waals surface area contributed by atoms with Gasteiger partial charge in [-0.05, 0) is 55.5 Å². The van der Waals surface area contributed by atoms with Crippen molar-refractivity contribution in [2.24, 2.45) is 0 Å². The molecule has 134 valence electrons. The first-order chi connectivity index (χ1) is 12.7. The number of pyridine rings is 1. The minimum absolute atomic E-state index is 0.122. The molecule has 0 saturated heterocycles. The van der Waals surface area contributed by atoms with Crippen LogP contribution in [0.5, 0.6) is 0 Å². The van der Waals surface area contributed by atoms with E-state index in [9.17, 15) is 14.4 Å². The highest BCUT2D eigenvalue weighted by atomic mass is 32.2. The van der Waals surface area contributed by atoms with Crippen molar-refractivity contribution in [1.29, 1.82) is 5.26 Å². The van der Waals surface area contributed by atoms with Crippen molar-refractivity contribution in [3.05, 3.63) is 53.0 Å². The molecule has 1 heterocycles. The van der Waals surface area contributed by atoms with Gasteiger partial charge in [0.15, 0.2) is 0 Å². The molecule has 0 unspecified atom stereocenters. The molecule has 0 atom stereocenters. The number of thioether (sulfide) groups is 1. The van der Waals surface area contributed by atoms with Crippen LogP contribution in [0.1, 0.15) is 42.5 Å². The van der Waals surface area contributed by atoms with Gasteiger partial charge in [0.25, 0.3) is 0 Å². The molecule has 2 aromatic rings. The summed E-state index contributed by atoms with van der Waals surface area (Å²) in [5.41, 5.74) is 3.15. The molecule has 0 fully saturated rings. The molecule has 1 amide bonds.